The highest BCUT2D eigenvalue weighted by Crippen LogP contribution is 2.41. The van der Waals surface area contributed by atoms with Crippen molar-refractivity contribution in [3.63, 3.8) is 0 Å². The van der Waals surface area contributed by atoms with E-state index < -0.39 is 58.8 Å². The van der Waals surface area contributed by atoms with Gasteiger partial charge in [-0.3, -0.25) is 24.1 Å². The second-order valence-electron chi connectivity index (χ2n) is 13.0. The van der Waals surface area contributed by atoms with Gasteiger partial charge >= 0.3 is 0 Å². The molecule has 0 aliphatic carbocycles. The van der Waals surface area contributed by atoms with Gasteiger partial charge in [-0.15, -0.1) is 0 Å². The van der Waals surface area contributed by atoms with Crippen molar-refractivity contribution in [1.82, 2.24) is 30.0 Å². The molecule has 2 aliphatic rings. The highest BCUT2D eigenvalue weighted by molar-refractivity contribution is 6.12. The van der Waals surface area contributed by atoms with Crippen molar-refractivity contribution in [3.05, 3.63) is 89.9 Å². The summed E-state index contributed by atoms with van der Waals surface area (Å²) in [5.41, 5.74) is -0.548. The molecule has 2 aromatic carbocycles. The van der Waals surface area contributed by atoms with Gasteiger partial charge in [0, 0.05) is 69.5 Å². The van der Waals surface area contributed by atoms with Crippen molar-refractivity contribution in [2.45, 2.75) is 39.5 Å². The summed E-state index contributed by atoms with van der Waals surface area (Å²) in [6.45, 7) is 5.53. The first-order valence-corrected chi connectivity index (χ1v) is 16.4. The van der Waals surface area contributed by atoms with Gasteiger partial charge < -0.3 is 24.8 Å². The molecule has 2 N–H and O–H groups in total. The minimum atomic E-state index is -1.40. The van der Waals surface area contributed by atoms with Crippen molar-refractivity contribution in [3.8, 4) is 11.3 Å². The molecule has 0 spiro atoms. The molecule has 14 heteroatoms. The Bertz CT molecular complexity index is 1730. The minimum absolute atomic E-state index is 0.0291. The standard InChI is InChI=1S/C36H41F3N6O5/c1-23(46)45(21-25-18-40-19-29(25)39)33(36(2,3)35(49)41-13-15-50-16-14-44-31(47)11-12-32(44)48)34-42-30(27-17-26(37)9-10-28(27)38)22-43(34)20-24-7-5-4-6-8-24/h4-12,17,22,25,29,33,40H,13-16,18-21H2,1-3H3,(H,41,49). The minimum Gasteiger partial charge on any atom is -0.378 e. The van der Waals surface area contributed by atoms with Crippen LogP contribution in [0.5, 0.6) is 0 Å². The molecule has 1 aromatic heterocycles. The third-order valence-electron chi connectivity index (χ3n) is 9.02. The summed E-state index contributed by atoms with van der Waals surface area (Å²) in [6, 6.07) is 11.3. The second-order valence-corrected chi connectivity index (χ2v) is 13.0. The van der Waals surface area contributed by atoms with E-state index in [1.54, 1.807) is 24.6 Å². The van der Waals surface area contributed by atoms with Gasteiger partial charge in [-0.25, -0.2) is 18.2 Å². The molecular weight excluding hydrogens is 653 g/mol. The first-order valence-electron chi connectivity index (χ1n) is 16.4. The maximum atomic E-state index is 15.1. The van der Waals surface area contributed by atoms with Crippen LogP contribution in [0, 0.1) is 23.0 Å². The van der Waals surface area contributed by atoms with Gasteiger partial charge in [0.15, 0.2) is 0 Å². The maximum Gasteiger partial charge on any atom is 0.253 e. The zero-order valence-electron chi connectivity index (χ0n) is 28.2. The first kappa shape index (κ1) is 36.5. The molecule has 5 rings (SSSR count). The number of nitrogens with zero attached hydrogens (tertiary/aromatic N) is 4. The average Bonchev–Trinajstić information content (AvgIpc) is 3.78. The zero-order chi connectivity index (χ0) is 36.0. The second kappa shape index (κ2) is 15.8. The lowest BCUT2D eigenvalue weighted by Gasteiger charge is -2.41. The Balaban J connectivity index is 1.47. The van der Waals surface area contributed by atoms with Crippen molar-refractivity contribution in [2.75, 3.05) is 45.9 Å². The van der Waals surface area contributed by atoms with Crippen LogP contribution < -0.4 is 10.6 Å². The molecule has 1 fully saturated rings. The number of carbonyl (C=O) groups is 4. The molecule has 1 saturated heterocycles. The van der Waals surface area contributed by atoms with E-state index >= 15 is 4.39 Å². The Morgan fingerprint density at radius 3 is 2.46 bits per heavy atom. The molecule has 0 saturated carbocycles. The van der Waals surface area contributed by atoms with Crippen LogP contribution in [0.2, 0.25) is 0 Å². The fraction of sp³-hybridized carbons (Fsp3) is 0.417. The fourth-order valence-corrected chi connectivity index (χ4v) is 6.28. The Morgan fingerprint density at radius 2 is 1.80 bits per heavy atom. The van der Waals surface area contributed by atoms with E-state index in [1.165, 1.54) is 24.0 Å². The highest BCUT2D eigenvalue weighted by atomic mass is 19.1. The number of carbonyl (C=O) groups excluding carboxylic acids is 4. The molecule has 11 nitrogen and oxygen atoms in total. The number of amides is 4. The zero-order valence-corrected chi connectivity index (χ0v) is 28.2. The fourth-order valence-electron chi connectivity index (χ4n) is 6.28. The topological polar surface area (TPSA) is 126 Å². The Labute approximate surface area is 288 Å². The quantitative estimate of drug-likeness (QED) is 0.185. The van der Waals surface area contributed by atoms with Gasteiger partial charge in [0.25, 0.3) is 11.8 Å². The summed E-state index contributed by atoms with van der Waals surface area (Å²) in [7, 11) is 0. The number of benzene rings is 2. The summed E-state index contributed by atoms with van der Waals surface area (Å²) in [4.78, 5) is 58.3. The number of nitrogens with one attached hydrogen (secondary N) is 2. The molecule has 2 aliphatic heterocycles. The molecule has 0 radical (unpaired) electrons. The molecule has 3 heterocycles. The smallest absolute Gasteiger partial charge is 0.253 e. The van der Waals surface area contributed by atoms with E-state index in [0.717, 1.165) is 28.7 Å². The SMILES string of the molecule is CC(=O)N(CC1CNCC1F)C(c1nc(-c2cc(F)ccc2F)cn1Cc1ccccc1)C(C)(C)C(=O)NCCOCCN1C(=O)C=CC1=O. The lowest BCUT2D eigenvalue weighted by atomic mass is 9.80. The summed E-state index contributed by atoms with van der Waals surface area (Å²) >= 11 is 0. The number of hydrogen-bond donors (Lipinski definition) is 2. The van der Waals surface area contributed by atoms with E-state index in [1.807, 2.05) is 30.3 Å². The van der Waals surface area contributed by atoms with E-state index in [9.17, 15) is 28.0 Å². The Hall–Kier alpha value is -4.82. The number of alkyl halides is 1. The lowest BCUT2D eigenvalue weighted by Crippen LogP contribution is -2.51. The molecule has 3 unspecified atom stereocenters. The van der Waals surface area contributed by atoms with Crippen LogP contribution >= 0.6 is 0 Å². The number of aromatic nitrogens is 2. The maximum absolute atomic E-state index is 15.1. The third-order valence-corrected chi connectivity index (χ3v) is 9.02. The van der Waals surface area contributed by atoms with Crippen molar-refractivity contribution >= 4 is 23.6 Å². The molecule has 4 amide bonds. The van der Waals surface area contributed by atoms with Crippen LogP contribution in [0.15, 0.2) is 66.9 Å². The van der Waals surface area contributed by atoms with Crippen LogP contribution in [0.1, 0.15) is 38.2 Å². The monoisotopic (exact) mass is 694 g/mol. The molecular formula is C36H41F3N6O5. The molecule has 3 atom stereocenters. The van der Waals surface area contributed by atoms with Gasteiger partial charge in [-0.1, -0.05) is 30.3 Å². The van der Waals surface area contributed by atoms with Crippen LogP contribution in [-0.4, -0.2) is 95.1 Å². The summed E-state index contributed by atoms with van der Waals surface area (Å²) in [5, 5.41) is 5.85. The van der Waals surface area contributed by atoms with Crippen LogP contribution in [-0.2, 0) is 30.5 Å². The van der Waals surface area contributed by atoms with Crippen molar-refractivity contribution in [2.24, 2.45) is 11.3 Å². The van der Waals surface area contributed by atoms with E-state index in [4.69, 9.17) is 9.72 Å². The van der Waals surface area contributed by atoms with Gasteiger partial charge in [0.2, 0.25) is 11.8 Å². The predicted molar refractivity (Wildman–Crippen MR) is 178 cm³/mol. The number of ether oxygens (including phenoxy) is 1. The molecule has 0 bridgehead atoms. The van der Waals surface area contributed by atoms with Crippen LogP contribution in [0.25, 0.3) is 11.3 Å². The highest BCUT2D eigenvalue weighted by Gasteiger charge is 2.46. The van der Waals surface area contributed by atoms with Crippen molar-refractivity contribution in [1.29, 1.82) is 0 Å². The van der Waals surface area contributed by atoms with E-state index in [0.29, 0.717) is 6.54 Å². The van der Waals surface area contributed by atoms with Crippen molar-refractivity contribution < 1.29 is 37.1 Å². The van der Waals surface area contributed by atoms with Gasteiger partial charge in [0.1, 0.15) is 29.7 Å². The predicted octanol–water partition coefficient (Wildman–Crippen LogP) is 3.41. The molecule has 266 valence electrons. The number of imide groups is 1. The normalized spacial score (nSPS) is 18.2. The number of imidazole rings is 1. The largest absolute Gasteiger partial charge is 0.378 e. The summed E-state index contributed by atoms with van der Waals surface area (Å²) < 4.78 is 51.7. The van der Waals surface area contributed by atoms with Crippen LogP contribution in [0.3, 0.4) is 0 Å². The first-order chi connectivity index (χ1) is 23.9. The number of rotatable bonds is 15. The Morgan fingerprint density at radius 1 is 1.08 bits per heavy atom. The number of hydrogen-bond acceptors (Lipinski definition) is 7. The average molecular weight is 695 g/mol. The Kier molecular flexibility index (Phi) is 11.5. The third kappa shape index (κ3) is 8.30. The summed E-state index contributed by atoms with van der Waals surface area (Å²) in [5.74, 6) is -3.43. The lowest BCUT2D eigenvalue weighted by molar-refractivity contribution is -0.142. The molecule has 50 heavy (non-hydrogen) atoms. The van der Waals surface area contributed by atoms with Gasteiger partial charge in [0.05, 0.1) is 30.9 Å². The van der Waals surface area contributed by atoms with Gasteiger partial charge in [-0.2, -0.15) is 0 Å². The van der Waals surface area contributed by atoms with E-state index in [-0.39, 0.29) is 63.0 Å². The van der Waals surface area contributed by atoms with Gasteiger partial charge in [-0.05, 0) is 37.6 Å². The molecule has 3 aromatic rings. The summed E-state index contributed by atoms with van der Waals surface area (Å²) in [6.07, 6.45) is 2.71. The van der Waals surface area contributed by atoms with E-state index in [2.05, 4.69) is 10.6 Å². The van der Waals surface area contributed by atoms with Crippen LogP contribution in [0.4, 0.5) is 13.2 Å². The number of halogens is 3.